The highest BCUT2D eigenvalue weighted by Crippen LogP contribution is 2.34. The maximum Gasteiger partial charge on any atom is 0.266 e. The van der Waals surface area contributed by atoms with Gasteiger partial charge in [-0.3, -0.25) is 19.2 Å². The number of Topliss-reactive ketones (excluding diaryl/α,β-unsaturated/α-hetero) is 1. The molecule has 6 heteroatoms. The van der Waals surface area contributed by atoms with Crippen LogP contribution in [0.4, 0.5) is 11.4 Å². The molecule has 1 N–H and O–H groups in total. The second kappa shape index (κ2) is 7.84. The van der Waals surface area contributed by atoms with E-state index in [1.54, 1.807) is 36.4 Å². The Morgan fingerprint density at radius 3 is 2.15 bits per heavy atom. The first-order chi connectivity index (χ1) is 15.9. The van der Waals surface area contributed by atoms with Crippen LogP contribution in [0.15, 0.2) is 84.9 Å². The lowest BCUT2D eigenvalue weighted by atomic mass is 10.1. The van der Waals surface area contributed by atoms with Crippen LogP contribution < -0.4 is 10.2 Å². The van der Waals surface area contributed by atoms with Crippen molar-refractivity contribution in [2.75, 3.05) is 10.2 Å². The molecule has 1 heterocycles. The summed E-state index contributed by atoms with van der Waals surface area (Å²) in [5.41, 5.74) is 2.28. The largest absolute Gasteiger partial charge is 0.322 e. The van der Waals surface area contributed by atoms with Crippen LogP contribution in [0.25, 0.3) is 10.8 Å². The van der Waals surface area contributed by atoms with Gasteiger partial charge in [0.05, 0.1) is 16.8 Å². The first-order valence-corrected chi connectivity index (χ1v) is 10.4. The Morgan fingerprint density at radius 2 is 1.39 bits per heavy atom. The van der Waals surface area contributed by atoms with Crippen molar-refractivity contribution in [3.8, 4) is 0 Å². The summed E-state index contributed by atoms with van der Waals surface area (Å²) < 4.78 is 0. The third-order valence-corrected chi connectivity index (χ3v) is 5.71. The van der Waals surface area contributed by atoms with E-state index in [2.05, 4.69) is 5.32 Å². The highest BCUT2D eigenvalue weighted by atomic mass is 16.2. The molecule has 0 fully saturated rings. The molecule has 4 aromatic carbocycles. The zero-order valence-electron chi connectivity index (χ0n) is 17.7. The Hall–Kier alpha value is -4.58. The summed E-state index contributed by atoms with van der Waals surface area (Å²) in [6.45, 7) is 1.47. The molecular formula is C27H18N2O4. The average Bonchev–Trinajstić information content (AvgIpc) is 3.08. The monoisotopic (exact) mass is 434 g/mol. The molecular weight excluding hydrogens is 416 g/mol. The third-order valence-electron chi connectivity index (χ3n) is 5.71. The van der Waals surface area contributed by atoms with E-state index in [9.17, 15) is 19.2 Å². The van der Waals surface area contributed by atoms with E-state index < -0.39 is 17.7 Å². The van der Waals surface area contributed by atoms with Crippen LogP contribution >= 0.6 is 0 Å². The molecule has 0 atom stereocenters. The maximum absolute atomic E-state index is 13.2. The van der Waals surface area contributed by atoms with Crippen molar-refractivity contribution in [3.63, 3.8) is 0 Å². The minimum atomic E-state index is -0.466. The number of hydrogen-bond acceptors (Lipinski definition) is 4. The van der Waals surface area contributed by atoms with Crippen molar-refractivity contribution in [2.24, 2.45) is 0 Å². The maximum atomic E-state index is 13.2. The minimum Gasteiger partial charge on any atom is -0.322 e. The Kier molecular flexibility index (Phi) is 4.83. The van der Waals surface area contributed by atoms with Crippen molar-refractivity contribution in [1.29, 1.82) is 0 Å². The zero-order chi connectivity index (χ0) is 23.1. The zero-order valence-corrected chi connectivity index (χ0v) is 17.7. The molecule has 6 nitrogen and oxygen atoms in total. The van der Waals surface area contributed by atoms with Crippen LogP contribution in [0, 0.1) is 0 Å². The predicted octanol–water partition coefficient (Wildman–Crippen LogP) is 5.10. The summed E-state index contributed by atoms with van der Waals surface area (Å²) in [7, 11) is 0. The van der Waals surface area contributed by atoms with E-state index in [4.69, 9.17) is 0 Å². The normalized spacial score (nSPS) is 12.7. The number of imide groups is 1. The third kappa shape index (κ3) is 3.47. The van der Waals surface area contributed by atoms with Gasteiger partial charge < -0.3 is 5.32 Å². The van der Waals surface area contributed by atoms with Crippen molar-refractivity contribution >= 4 is 45.7 Å². The summed E-state index contributed by atoms with van der Waals surface area (Å²) in [4.78, 5) is 51.7. The molecule has 1 aliphatic rings. The van der Waals surface area contributed by atoms with Crippen LogP contribution in [0.5, 0.6) is 0 Å². The molecule has 0 saturated heterocycles. The van der Waals surface area contributed by atoms with E-state index >= 15 is 0 Å². The van der Waals surface area contributed by atoms with E-state index in [0.717, 1.165) is 15.7 Å². The van der Waals surface area contributed by atoms with E-state index in [1.165, 1.54) is 25.1 Å². The summed E-state index contributed by atoms with van der Waals surface area (Å²) in [6.07, 6.45) is 0. The van der Waals surface area contributed by atoms with Gasteiger partial charge in [-0.25, -0.2) is 4.90 Å². The Morgan fingerprint density at radius 1 is 0.727 bits per heavy atom. The van der Waals surface area contributed by atoms with Crippen LogP contribution in [-0.2, 0) is 0 Å². The second-order valence-corrected chi connectivity index (χ2v) is 7.79. The van der Waals surface area contributed by atoms with E-state index in [-0.39, 0.29) is 22.5 Å². The summed E-state index contributed by atoms with van der Waals surface area (Å²) >= 11 is 0. The van der Waals surface area contributed by atoms with Crippen LogP contribution in [0.3, 0.4) is 0 Å². The number of carbonyl (C=O) groups is 4. The molecule has 0 aromatic heterocycles. The van der Waals surface area contributed by atoms with Gasteiger partial charge in [0.15, 0.2) is 5.78 Å². The van der Waals surface area contributed by atoms with Gasteiger partial charge in [-0.15, -0.1) is 0 Å². The number of nitrogens with one attached hydrogen (secondary N) is 1. The topological polar surface area (TPSA) is 83.6 Å². The van der Waals surface area contributed by atoms with Crippen molar-refractivity contribution < 1.29 is 19.2 Å². The van der Waals surface area contributed by atoms with Crippen LogP contribution in [-0.4, -0.2) is 23.5 Å². The van der Waals surface area contributed by atoms with Crippen LogP contribution in [0.1, 0.15) is 48.4 Å². The number of nitrogens with zero attached hydrogens (tertiary/aromatic N) is 1. The van der Waals surface area contributed by atoms with Crippen LogP contribution in [0.2, 0.25) is 0 Å². The minimum absolute atomic E-state index is 0.0644. The van der Waals surface area contributed by atoms with Gasteiger partial charge in [-0.1, -0.05) is 36.4 Å². The number of fused-ring (bicyclic) bond motifs is 2. The fourth-order valence-electron chi connectivity index (χ4n) is 4.00. The highest BCUT2D eigenvalue weighted by molar-refractivity contribution is 6.36. The van der Waals surface area contributed by atoms with Gasteiger partial charge in [0.2, 0.25) is 0 Å². The fraction of sp³-hybridized carbons (Fsp3) is 0.0370. The quantitative estimate of drug-likeness (QED) is 0.358. The fourth-order valence-corrected chi connectivity index (χ4v) is 4.00. The number of ketones is 1. The molecule has 160 valence electrons. The molecule has 4 aromatic rings. The molecule has 5 rings (SSSR count). The second-order valence-electron chi connectivity index (χ2n) is 7.79. The molecule has 3 amide bonds. The number of amides is 3. The summed E-state index contributed by atoms with van der Waals surface area (Å²) in [5, 5.41) is 4.46. The van der Waals surface area contributed by atoms with Gasteiger partial charge in [-0.2, -0.15) is 0 Å². The van der Waals surface area contributed by atoms with Gasteiger partial charge >= 0.3 is 0 Å². The van der Waals surface area contributed by atoms with Crippen molar-refractivity contribution in [3.05, 3.63) is 107 Å². The van der Waals surface area contributed by atoms with Gasteiger partial charge in [0.25, 0.3) is 17.7 Å². The number of rotatable bonds is 4. The molecule has 0 bridgehead atoms. The SMILES string of the molecule is CC(=O)c1ccc(NC(=O)c2ccc3c(c2)C(=O)N(c2cccc4ccccc24)C3=O)cc1. The van der Waals surface area contributed by atoms with Gasteiger partial charge in [0.1, 0.15) is 0 Å². The number of carbonyl (C=O) groups excluding carboxylic acids is 4. The molecule has 0 aliphatic carbocycles. The highest BCUT2D eigenvalue weighted by Gasteiger charge is 2.37. The van der Waals surface area contributed by atoms with Gasteiger partial charge in [0, 0.05) is 22.2 Å². The van der Waals surface area contributed by atoms with Gasteiger partial charge in [-0.05, 0) is 60.8 Å². The first-order valence-electron chi connectivity index (χ1n) is 10.4. The van der Waals surface area contributed by atoms with E-state index in [0.29, 0.717) is 16.9 Å². The Labute approximate surface area is 189 Å². The average molecular weight is 434 g/mol. The number of benzene rings is 4. The predicted molar refractivity (Wildman–Crippen MR) is 126 cm³/mol. The molecule has 0 spiro atoms. The molecule has 0 radical (unpaired) electrons. The molecule has 1 aliphatic heterocycles. The number of anilines is 2. The summed E-state index contributed by atoms with van der Waals surface area (Å²) in [5.74, 6) is -1.37. The molecule has 33 heavy (non-hydrogen) atoms. The molecule has 0 unspecified atom stereocenters. The van der Waals surface area contributed by atoms with E-state index in [1.807, 2.05) is 30.3 Å². The smallest absolute Gasteiger partial charge is 0.266 e. The Balaban J connectivity index is 1.45. The molecule has 0 saturated carbocycles. The lowest BCUT2D eigenvalue weighted by Gasteiger charge is -2.16. The Bertz CT molecular complexity index is 1470. The first kappa shape index (κ1) is 20.3. The lowest BCUT2D eigenvalue weighted by Crippen LogP contribution is -2.29. The van der Waals surface area contributed by atoms with Crippen molar-refractivity contribution in [2.45, 2.75) is 6.92 Å². The lowest BCUT2D eigenvalue weighted by molar-refractivity contribution is 0.0924. The van der Waals surface area contributed by atoms with Crippen molar-refractivity contribution in [1.82, 2.24) is 0 Å². The standard InChI is InChI=1S/C27H18N2O4/c1-16(30)17-9-12-20(13-10-17)28-25(31)19-11-14-22-23(15-19)27(33)29(26(22)32)24-8-4-6-18-5-2-3-7-21(18)24/h2-15H,1H3,(H,28,31). The number of hydrogen-bond donors (Lipinski definition) is 1. The summed E-state index contributed by atoms with van der Waals surface area (Å²) in [6, 6.07) is 24.0.